The van der Waals surface area contributed by atoms with Crippen LogP contribution in [-0.2, 0) is 0 Å². The highest BCUT2D eigenvalue weighted by Gasteiger charge is 2.17. The molecule has 0 bridgehead atoms. The van der Waals surface area contributed by atoms with Crippen LogP contribution in [0.1, 0.15) is 6.92 Å². The molecule has 1 heterocycles. The molecule has 2 aromatic rings. The van der Waals surface area contributed by atoms with Crippen molar-refractivity contribution < 1.29 is 9.66 Å². The average molecular weight is 244 g/mol. The topological polar surface area (TPSA) is 65.3 Å². The maximum absolute atomic E-state index is 11.1. The van der Waals surface area contributed by atoms with Crippen molar-refractivity contribution in [3.8, 4) is 17.0 Å². The summed E-state index contributed by atoms with van der Waals surface area (Å²) in [7, 11) is 0. The summed E-state index contributed by atoms with van der Waals surface area (Å²) in [6.45, 7) is 2.30. The van der Waals surface area contributed by atoms with E-state index in [1.54, 1.807) is 36.5 Å². The summed E-state index contributed by atoms with van der Waals surface area (Å²) in [5, 5.41) is 11.1. The first-order valence-electron chi connectivity index (χ1n) is 5.55. The van der Waals surface area contributed by atoms with E-state index in [1.165, 1.54) is 6.07 Å². The summed E-state index contributed by atoms with van der Waals surface area (Å²) < 4.78 is 5.26. The number of benzene rings is 1. The maximum Gasteiger partial charge on any atom is 0.282 e. The first-order chi connectivity index (χ1) is 8.72. The number of rotatable bonds is 4. The van der Waals surface area contributed by atoms with Crippen LogP contribution < -0.4 is 4.74 Å². The number of hydrogen-bond donors (Lipinski definition) is 0. The minimum atomic E-state index is -0.424. The molecule has 0 radical (unpaired) electrons. The Morgan fingerprint density at radius 2 is 2.17 bits per heavy atom. The van der Waals surface area contributed by atoms with E-state index in [-0.39, 0.29) is 5.69 Å². The van der Waals surface area contributed by atoms with Gasteiger partial charge in [0.1, 0.15) is 5.75 Å². The summed E-state index contributed by atoms with van der Waals surface area (Å²) in [5.74, 6) is 0.490. The van der Waals surface area contributed by atoms with Crippen molar-refractivity contribution in [2.24, 2.45) is 0 Å². The smallest absolute Gasteiger partial charge is 0.282 e. The Morgan fingerprint density at radius 1 is 1.33 bits per heavy atom. The second-order valence-corrected chi connectivity index (χ2v) is 3.58. The van der Waals surface area contributed by atoms with E-state index in [0.29, 0.717) is 23.6 Å². The molecule has 5 heteroatoms. The van der Waals surface area contributed by atoms with Gasteiger partial charge < -0.3 is 4.74 Å². The van der Waals surface area contributed by atoms with Crippen molar-refractivity contribution in [2.45, 2.75) is 6.92 Å². The third-order valence-corrected chi connectivity index (χ3v) is 2.42. The monoisotopic (exact) mass is 244 g/mol. The van der Waals surface area contributed by atoms with Crippen LogP contribution in [0.4, 0.5) is 5.69 Å². The van der Waals surface area contributed by atoms with Crippen LogP contribution in [0.2, 0.25) is 0 Å². The largest absolute Gasteiger partial charge is 0.494 e. The first-order valence-corrected chi connectivity index (χ1v) is 5.55. The maximum atomic E-state index is 11.1. The Kier molecular flexibility index (Phi) is 3.52. The van der Waals surface area contributed by atoms with Crippen LogP contribution in [0, 0.1) is 10.1 Å². The van der Waals surface area contributed by atoms with Crippen molar-refractivity contribution in [3.05, 3.63) is 52.7 Å². The predicted octanol–water partition coefficient (Wildman–Crippen LogP) is 3.06. The number of pyridine rings is 1. The number of hydrogen-bond acceptors (Lipinski definition) is 4. The molecular formula is C13H12N2O3. The van der Waals surface area contributed by atoms with E-state index < -0.39 is 4.92 Å². The molecule has 5 nitrogen and oxygen atoms in total. The lowest BCUT2D eigenvalue weighted by molar-refractivity contribution is -0.384. The van der Waals surface area contributed by atoms with Gasteiger partial charge in [0.2, 0.25) is 0 Å². The molecule has 18 heavy (non-hydrogen) atoms. The SMILES string of the molecule is CCOc1ccc(-c2ccccn2)c([N+](=O)[O-])c1. The molecule has 0 atom stereocenters. The predicted molar refractivity (Wildman–Crippen MR) is 67.5 cm³/mol. The Labute approximate surface area is 104 Å². The molecule has 0 fully saturated rings. The lowest BCUT2D eigenvalue weighted by atomic mass is 10.1. The third-order valence-electron chi connectivity index (χ3n) is 2.42. The van der Waals surface area contributed by atoms with E-state index in [0.717, 1.165) is 0 Å². The van der Waals surface area contributed by atoms with Gasteiger partial charge in [0, 0.05) is 6.20 Å². The van der Waals surface area contributed by atoms with Gasteiger partial charge in [-0.1, -0.05) is 6.07 Å². The molecule has 0 aliphatic rings. The summed E-state index contributed by atoms with van der Waals surface area (Å²) in [6, 6.07) is 10.1. The molecule has 0 saturated heterocycles. The molecule has 0 N–H and O–H groups in total. The van der Waals surface area contributed by atoms with Gasteiger partial charge in [-0.05, 0) is 31.2 Å². The zero-order valence-electron chi connectivity index (χ0n) is 9.87. The second kappa shape index (κ2) is 5.27. The third kappa shape index (κ3) is 2.45. The van der Waals surface area contributed by atoms with Gasteiger partial charge in [0.15, 0.2) is 0 Å². The highest BCUT2D eigenvalue weighted by molar-refractivity contribution is 5.71. The van der Waals surface area contributed by atoms with Crippen LogP contribution >= 0.6 is 0 Å². The van der Waals surface area contributed by atoms with E-state index in [2.05, 4.69) is 4.98 Å². The van der Waals surface area contributed by atoms with Crippen LogP contribution in [0.15, 0.2) is 42.6 Å². The van der Waals surface area contributed by atoms with Crippen molar-refractivity contribution >= 4 is 5.69 Å². The average Bonchev–Trinajstić information content (AvgIpc) is 2.40. The van der Waals surface area contributed by atoms with Crippen LogP contribution in [0.5, 0.6) is 5.75 Å². The first kappa shape index (κ1) is 12.0. The molecule has 0 aliphatic heterocycles. The van der Waals surface area contributed by atoms with Gasteiger partial charge >= 0.3 is 0 Å². The summed E-state index contributed by atoms with van der Waals surface area (Å²) >= 11 is 0. The molecule has 0 saturated carbocycles. The second-order valence-electron chi connectivity index (χ2n) is 3.58. The number of nitro groups is 1. The highest BCUT2D eigenvalue weighted by Crippen LogP contribution is 2.31. The molecule has 2 rings (SSSR count). The number of nitrogens with zero attached hydrogens (tertiary/aromatic N) is 2. The van der Waals surface area contributed by atoms with E-state index in [9.17, 15) is 10.1 Å². The fourth-order valence-corrected chi connectivity index (χ4v) is 1.66. The Hall–Kier alpha value is -2.43. The molecule has 92 valence electrons. The quantitative estimate of drug-likeness (QED) is 0.612. The van der Waals surface area contributed by atoms with Gasteiger partial charge in [0.25, 0.3) is 5.69 Å². The molecular weight excluding hydrogens is 232 g/mol. The summed E-state index contributed by atoms with van der Waals surface area (Å²) in [4.78, 5) is 14.8. The van der Waals surface area contributed by atoms with Crippen molar-refractivity contribution in [1.82, 2.24) is 4.98 Å². The van der Waals surface area contributed by atoms with Crippen molar-refractivity contribution in [2.75, 3.05) is 6.61 Å². The molecule has 0 aliphatic carbocycles. The molecule has 1 aromatic carbocycles. The minimum absolute atomic E-state index is 0.000324. The van der Waals surface area contributed by atoms with E-state index >= 15 is 0 Å². The van der Waals surface area contributed by atoms with Crippen LogP contribution in [-0.4, -0.2) is 16.5 Å². The fraction of sp³-hybridized carbons (Fsp3) is 0.154. The molecule has 0 spiro atoms. The Balaban J connectivity index is 2.51. The van der Waals surface area contributed by atoms with Gasteiger partial charge in [-0.3, -0.25) is 15.1 Å². The fourth-order valence-electron chi connectivity index (χ4n) is 1.66. The standard InChI is InChI=1S/C13H12N2O3/c1-2-18-10-6-7-11(13(9-10)15(16)17)12-5-3-4-8-14-12/h3-9H,2H2,1H3. The lowest BCUT2D eigenvalue weighted by Crippen LogP contribution is -1.96. The molecule has 0 unspecified atom stereocenters. The molecule has 1 aromatic heterocycles. The number of nitro benzene ring substituents is 1. The lowest BCUT2D eigenvalue weighted by Gasteiger charge is -2.06. The van der Waals surface area contributed by atoms with Gasteiger partial charge in [0.05, 0.1) is 28.9 Å². The Bertz CT molecular complexity index is 555. The minimum Gasteiger partial charge on any atom is -0.494 e. The summed E-state index contributed by atoms with van der Waals surface area (Å²) in [5.41, 5.74) is 1.07. The molecule has 0 amide bonds. The van der Waals surface area contributed by atoms with E-state index in [1.807, 2.05) is 6.92 Å². The number of ether oxygens (including phenoxy) is 1. The highest BCUT2D eigenvalue weighted by atomic mass is 16.6. The Morgan fingerprint density at radius 3 is 2.78 bits per heavy atom. The summed E-state index contributed by atoms with van der Waals surface area (Å²) in [6.07, 6.45) is 1.61. The van der Waals surface area contributed by atoms with Gasteiger partial charge in [-0.15, -0.1) is 0 Å². The van der Waals surface area contributed by atoms with Gasteiger partial charge in [-0.2, -0.15) is 0 Å². The number of aromatic nitrogens is 1. The van der Waals surface area contributed by atoms with E-state index in [4.69, 9.17) is 4.74 Å². The van der Waals surface area contributed by atoms with Crippen LogP contribution in [0.25, 0.3) is 11.3 Å². The zero-order valence-corrected chi connectivity index (χ0v) is 9.87. The zero-order chi connectivity index (χ0) is 13.0. The van der Waals surface area contributed by atoms with Gasteiger partial charge in [-0.25, -0.2) is 0 Å². The van der Waals surface area contributed by atoms with Crippen molar-refractivity contribution in [3.63, 3.8) is 0 Å². The van der Waals surface area contributed by atoms with Crippen LogP contribution in [0.3, 0.4) is 0 Å². The van der Waals surface area contributed by atoms with Crippen molar-refractivity contribution in [1.29, 1.82) is 0 Å². The normalized spacial score (nSPS) is 10.1.